The van der Waals surface area contributed by atoms with Crippen LogP contribution in [0.1, 0.15) is 29.4 Å². The van der Waals surface area contributed by atoms with E-state index in [-0.39, 0.29) is 18.5 Å². The Balaban J connectivity index is 1.47. The number of carbonyl (C=O) groups excluding carboxylic acids is 1. The maximum atomic E-state index is 13.1. The van der Waals surface area contributed by atoms with Gasteiger partial charge in [-0.3, -0.25) is 4.68 Å². The molecule has 6 nitrogen and oxygen atoms in total. The third kappa shape index (κ3) is 4.15. The molecule has 3 aromatic rings. The van der Waals surface area contributed by atoms with Gasteiger partial charge in [0.05, 0.1) is 6.54 Å². The van der Waals surface area contributed by atoms with Gasteiger partial charge >= 0.3 is 6.03 Å². The number of fused-ring (bicyclic) bond motifs is 1. The van der Waals surface area contributed by atoms with E-state index in [9.17, 15) is 9.18 Å². The van der Waals surface area contributed by atoms with Crippen molar-refractivity contribution in [2.45, 2.75) is 32.9 Å². The third-order valence-electron chi connectivity index (χ3n) is 5.44. The zero-order chi connectivity index (χ0) is 21.1. The number of nitrogens with one attached hydrogen (secondary N) is 1. The second-order valence-corrected chi connectivity index (χ2v) is 7.35. The molecule has 0 radical (unpaired) electrons. The number of para-hydroxylation sites is 1. The number of hydrogen-bond acceptors (Lipinski definition) is 3. The zero-order valence-electron chi connectivity index (χ0n) is 17.2. The lowest BCUT2D eigenvalue weighted by molar-refractivity contribution is 0.205. The first kappa shape index (κ1) is 19.9. The first-order chi connectivity index (χ1) is 14.5. The van der Waals surface area contributed by atoms with Crippen LogP contribution in [0.15, 0.2) is 48.5 Å². The van der Waals surface area contributed by atoms with E-state index in [2.05, 4.69) is 17.3 Å². The molecule has 156 valence electrons. The third-order valence-corrected chi connectivity index (χ3v) is 5.44. The highest BCUT2D eigenvalue weighted by atomic mass is 19.1. The molecule has 30 heavy (non-hydrogen) atoms. The number of nitrogens with zero attached hydrogens (tertiary/aromatic N) is 3. The smallest absolute Gasteiger partial charge is 0.322 e. The Morgan fingerprint density at radius 2 is 1.97 bits per heavy atom. The van der Waals surface area contributed by atoms with Gasteiger partial charge in [-0.2, -0.15) is 5.10 Å². The highest BCUT2D eigenvalue weighted by Gasteiger charge is 2.27. The number of benzene rings is 2. The molecule has 0 saturated heterocycles. The van der Waals surface area contributed by atoms with Gasteiger partial charge in [-0.1, -0.05) is 25.1 Å². The summed E-state index contributed by atoms with van der Waals surface area (Å²) in [5.74, 6) is 0.279. The van der Waals surface area contributed by atoms with E-state index in [0.29, 0.717) is 18.8 Å². The van der Waals surface area contributed by atoms with Crippen molar-refractivity contribution in [3.8, 4) is 5.75 Å². The van der Waals surface area contributed by atoms with Crippen LogP contribution in [0.3, 0.4) is 0 Å². The van der Waals surface area contributed by atoms with Crippen molar-refractivity contribution in [3.05, 3.63) is 76.9 Å². The number of rotatable bonds is 5. The monoisotopic (exact) mass is 408 g/mol. The van der Waals surface area contributed by atoms with E-state index in [1.54, 1.807) is 17.0 Å². The number of urea groups is 1. The highest BCUT2D eigenvalue weighted by molar-refractivity contribution is 5.90. The summed E-state index contributed by atoms with van der Waals surface area (Å²) < 4.78 is 20.7. The maximum absolute atomic E-state index is 13.1. The summed E-state index contributed by atoms with van der Waals surface area (Å²) in [6.07, 6.45) is 1.59. The van der Waals surface area contributed by atoms with Crippen molar-refractivity contribution in [1.82, 2.24) is 14.7 Å². The Hall–Kier alpha value is -3.35. The number of ether oxygens (including phenoxy) is 1. The minimum Gasteiger partial charge on any atom is -0.487 e. The van der Waals surface area contributed by atoms with Gasteiger partial charge in [-0.25, -0.2) is 9.18 Å². The van der Waals surface area contributed by atoms with E-state index in [1.807, 2.05) is 36.0 Å². The molecule has 2 heterocycles. The average molecular weight is 408 g/mol. The summed E-state index contributed by atoms with van der Waals surface area (Å²) in [5, 5.41) is 7.63. The molecule has 2 amide bonds. The molecular weight excluding hydrogens is 383 g/mol. The molecule has 1 aliphatic rings. The minimum absolute atomic E-state index is 0.115. The van der Waals surface area contributed by atoms with Crippen molar-refractivity contribution >= 4 is 11.7 Å². The van der Waals surface area contributed by atoms with E-state index in [1.165, 1.54) is 12.1 Å². The van der Waals surface area contributed by atoms with Crippen molar-refractivity contribution in [3.63, 3.8) is 0 Å². The van der Waals surface area contributed by atoms with E-state index in [0.717, 1.165) is 41.0 Å². The molecular formula is C23H25FN4O2. The number of carbonyl (C=O) groups is 1. The number of halogens is 1. The predicted molar refractivity (Wildman–Crippen MR) is 113 cm³/mol. The topological polar surface area (TPSA) is 59.4 Å². The Morgan fingerprint density at radius 1 is 1.20 bits per heavy atom. The SMILES string of the molecule is CCc1ccccc1NC(=O)N1CCc2c(c(COc3ccc(F)cc3)nn2C)C1. The Labute approximate surface area is 175 Å². The van der Waals surface area contributed by atoms with Gasteiger partial charge in [0, 0.05) is 37.0 Å². The Bertz CT molecular complexity index is 1050. The normalized spacial score (nSPS) is 13.1. The molecule has 1 aliphatic heterocycles. The van der Waals surface area contributed by atoms with Crippen molar-refractivity contribution in [2.24, 2.45) is 7.05 Å². The van der Waals surface area contributed by atoms with Gasteiger partial charge in [0.1, 0.15) is 23.9 Å². The lowest BCUT2D eigenvalue weighted by Gasteiger charge is -2.28. The molecule has 2 aromatic carbocycles. The van der Waals surface area contributed by atoms with Crippen molar-refractivity contribution in [1.29, 1.82) is 0 Å². The number of aromatic nitrogens is 2. The molecule has 0 fully saturated rings. The predicted octanol–water partition coefficient (Wildman–Crippen LogP) is 4.29. The fourth-order valence-corrected chi connectivity index (χ4v) is 3.79. The first-order valence-electron chi connectivity index (χ1n) is 10.1. The fraction of sp³-hybridized carbons (Fsp3) is 0.304. The number of aryl methyl sites for hydroxylation is 2. The van der Waals surface area contributed by atoms with Gasteiger partial charge in [0.25, 0.3) is 0 Å². The van der Waals surface area contributed by atoms with Gasteiger partial charge in [-0.05, 0) is 42.3 Å². The van der Waals surface area contributed by atoms with Crippen LogP contribution in [0, 0.1) is 5.82 Å². The first-order valence-corrected chi connectivity index (χ1v) is 10.1. The molecule has 0 saturated carbocycles. The van der Waals surface area contributed by atoms with Crippen LogP contribution in [0.5, 0.6) is 5.75 Å². The van der Waals surface area contributed by atoms with Crippen molar-refractivity contribution < 1.29 is 13.9 Å². The van der Waals surface area contributed by atoms with Crippen LogP contribution in [-0.4, -0.2) is 27.3 Å². The van der Waals surface area contributed by atoms with E-state index in [4.69, 9.17) is 4.74 Å². The summed E-state index contributed by atoms with van der Waals surface area (Å²) in [5.41, 5.74) is 4.89. The van der Waals surface area contributed by atoms with Gasteiger partial charge < -0.3 is 15.0 Å². The van der Waals surface area contributed by atoms with Crippen LogP contribution in [-0.2, 0) is 33.0 Å². The largest absolute Gasteiger partial charge is 0.487 e. The summed E-state index contributed by atoms with van der Waals surface area (Å²) in [7, 11) is 1.91. The van der Waals surface area contributed by atoms with E-state index < -0.39 is 0 Å². The summed E-state index contributed by atoms with van der Waals surface area (Å²) in [6.45, 7) is 3.44. The van der Waals surface area contributed by atoms with Crippen LogP contribution in [0.25, 0.3) is 0 Å². The minimum atomic E-state index is -0.302. The van der Waals surface area contributed by atoms with Crippen molar-refractivity contribution in [2.75, 3.05) is 11.9 Å². The summed E-state index contributed by atoms with van der Waals surface area (Å²) in [6, 6.07) is 13.7. The van der Waals surface area contributed by atoms with Crippen LogP contribution in [0.2, 0.25) is 0 Å². The molecule has 0 bridgehead atoms. The molecule has 1 N–H and O–H groups in total. The summed E-state index contributed by atoms with van der Waals surface area (Å²) >= 11 is 0. The number of hydrogen-bond donors (Lipinski definition) is 1. The fourth-order valence-electron chi connectivity index (χ4n) is 3.79. The van der Waals surface area contributed by atoms with Gasteiger partial charge in [0.2, 0.25) is 0 Å². The lowest BCUT2D eigenvalue weighted by atomic mass is 10.1. The maximum Gasteiger partial charge on any atom is 0.322 e. The molecule has 0 unspecified atom stereocenters. The van der Waals surface area contributed by atoms with Crippen LogP contribution >= 0.6 is 0 Å². The zero-order valence-corrected chi connectivity index (χ0v) is 17.2. The molecule has 0 atom stereocenters. The summed E-state index contributed by atoms with van der Waals surface area (Å²) in [4.78, 5) is 14.7. The Kier molecular flexibility index (Phi) is 5.70. The second-order valence-electron chi connectivity index (χ2n) is 7.35. The highest BCUT2D eigenvalue weighted by Crippen LogP contribution is 2.25. The number of anilines is 1. The molecule has 0 aliphatic carbocycles. The van der Waals surface area contributed by atoms with Gasteiger partial charge in [0.15, 0.2) is 0 Å². The number of amides is 2. The lowest BCUT2D eigenvalue weighted by Crippen LogP contribution is -2.39. The van der Waals surface area contributed by atoms with E-state index >= 15 is 0 Å². The molecule has 0 spiro atoms. The molecule has 7 heteroatoms. The molecule has 1 aromatic heterocycles. The second kappa shape index (κ2) is 8.57. The van der Waals surface area contributed by atoms with Gasteiger partial charge in [-0.15, -0.1) is 0 Å². The quantitative estimate of drug-likeness (QED) is 0.685. The standard InChI is InChI=1S/C23H25FN4O2/c1-3-16-6-4-5-7-20(16)25-23(29)28-13-12-22-19(14-28)21(26-27(22)2)15-30-18-10-8-17(24)9-11-18/h4-11H,3,12-15H2,1-2H3,(H,25,29). The molecule has 4 rings (SSSR count). The Morgan fingerprint density at radius 3 is 2.73 bits per heavy atom. The van der Waals surface area contributed by atoms with Crippen LogP contribution < -0.4 is 10.1 Å². The van der Waals surface area contributed by atoms with Crippen LogP contribution in [0.4, 0.5) is 14.9 Å². The average Bonchev–Trinajstić information content (AvgIpc) is 3.08.